The van der Waals surface area contributed by atoms with Crippen LogP contribution >= 0.6 is 0 Å². The predicted octanol–water partition coefficient (Wildman–Crippen LogP) is 0.0499. The average molecular weight is 262 g/mol. The maximum atomic E-state index is 11.7. The van der Waals surface area contributed by atoms with Crippen molar-refractivity contribution in [1.29, 1.82) is 0 Å². The lowest BCUT2D eigenvalue weighted by molar-refractivity contribution is -0.141. The number of aromatic nitrogens is 1. The van der Waals surface area contributed by atoms with E-state index >= 15 is 0 Å². The number of amides is 1. The van der Waals surface area contributed by atoms with Gasteiger partial charge in [0.05, 0.1) is 7.11 Å². The molecule has 1 aromatic heterocycles. The van der Waals surface area contributed by atoms with Crippen LogP contribution in [0.2, 0.25) is 0 Å². The fourth-order valence-electron chi connectivity index (χ4n) is 1.68. The third kappa shape index (κ3) is 3.27. The first-order chi connectivity index (χ1) is 9.20. The molecule has 2 heterocycles. The Kier molecular flexibility index (Phi) is 4.07. The molecule has 2 N–H and O–H groups in total. The van der Waals surface area contributed by atoms with Crippen LogP contribution in [-0.2, 0) is 9.53 Å². The van der Waals surface area contributed by atoms with Gasteiger partial charge in [0.15, 0.2) is 0 Å². The number of carbonyl (C=O) groups is 2. The summed E-state index contributed by atoms with van der Waals surface area (Å²) in [6.07, 6.45) is 2.70. The fourth-order valence-corrected chi connectivity index (χ4v) is 1.68. The fraction of sp³-hybridized carbons (Fsp3) is 0.333. The number of carbonyl (C=O) groups excluding carboxylic acids is 2. The Morgan fingerprint density at radius 3 is 2.95 bits per heavy atom. The van der Waals surface area contributed by atoms with Crippen LogP contribution in [0.5, 0.6) is 0 Å². The van der Waals surface area contributed by atoms with E-state index in [1.807, 2.05) is 0 Å². The average Bonchev–Trinajstić information content (AvgIpc) is 2.93. The van der Waals surface area contributed by atoms with Gasteiger partial charge in [-0.05, 0) is 18.6 Å². The molecule has 2 rings (SSSR count). The molecule has 0 fully saturated rings. The zero-order chi connectivity index (χ0) is 13.7. The first kappa shape index (κ1) is 13.0. The second kappa shape index (κ2) is 5.94. The standard InChI is InChI=1S/C12H14N4O3/c1-19-12(18)9-5-6-10(14-9)15-16-11(17)8-4-2-3-7-13-8/h2-4,7,9H,5-6H2,1H3,(H,14,15)(H,16,17). The quantitative estimate of drug-likeness (QED) is 0.580. The molecule has 1 aliphatic rings. The SMILES string of the molecule is COC(=O)C1CCC(NNC(=O)c2ccccn2)=N1. The van der Waals surface area contributed by atoms with Crippen molar-refractivity contribution >= 4 is 17.7 Å². The molecule has 0 aromatic carbocycles. The molecule has 0 radical (unpaired) electrons. The molecule has 100 valence electrons. The highest BCUT2D eigenvalue weighted by Gasteiger charge is 2.25. The normalized spacial score (nSPS) is 17.5. The molecule has 1 unspecified atom stereocenters. The van der Waals surface area contributed by atoms with Crippen molar-refractivity contribution in [3.05, 3.63) is 30.1 Å². The molecule has 1 amide bonds. The summed E-state index contributed by atoms with van der Waals surface area (Å²) in [4.78, 5) is 31.0. The molecular formula is C12H14N4O3. The van der Waals surface area contributed by atoms with Crippen molar-refractivity contribution in [3.8, 4) is 0 Å². The number of hydrazine groups is 1. The summed E-state index contributed by atoms with van der Waals surface area (Å²) < 4.78 is 4.61. The molecular weight excluding hydrogens is 248 g/mol. The van der Waals surface area contributed by atoms with Crippen LogP contribution in [0, 0.1) is 0 Å². The Labute approximate surface area is 110 Å². The van der Waals surface area contributed by atoms with Gasteiger partial charge in [0.2, 0.25) is 0 Å². The van der Waals surface area contributed by atoms with E-state index in [0.29, 0.717) is 24.4 Å². The maximum Gasteiger partial charge on any atom is 0.330 e. The number of aliphatic imine (C=N–C) groups is 1. The van der Waals surface area contributed by atoms with Gasteiger partial charge < -0.3 is 4.74 Å². The van der Waals surface area contributed by atoms with Crippen LogP contribution in [0.1, 0.15) is 23.3 Å². The van der Waals surface area contributed by atoms with Crippen molar-refractivity contribution in [1.82, 2.24) is 15.8 Å². The predicted molar refractivity (Wildman–Crippen MR) is 67.3 cm³/mol. The molecule has 0 saturated heterocycles. The summed E-state index contributed by atoms with van der Waals surface area (Å²) in [7, 11) is 1.33. The monoisotopic (exact) mass is 262 g/mol. The zero-order valence-electron chi connectivity index (χ0n) is 10.4. The van der Waals surface area contributed by atoms with Gasteiger partial charge in [0.25, 0.3) is 5.91 Å². The van der Waals surface area contributed by atoms with Gasteiger partial charge in [0, 0.05) is 12.6 Å². The topological polar surface area (TPSA) is 92.7 Å². The molecule has 0 aliphatic carbocycles. The number of methoxy groups -OCH3 is 1. The lowest BCUT2D eigenvalue weighted by atomic mass is 10.2. The summed E-state index contributed by atoms with van der Waals surface area (Å²) in [5.41, 5.74) is 5.48. The third-order valence-corrected chi connectivity index (χ3v) is 2.66. The van der Waals surface area contributed by atoms with Gasteiger partial charge in [-0.3, -0.25) is 25.6 Å². The lowest BCUT2D eigenvalue weighted by Gasteiger charge is -2.06. The van der Waals surface area contributed by atoms with Gasteiger partial charge in [0.1, 0.15) is 17.6 Å². The van der Waals surface area contributed by atoms with Crippen molar-refractivity contribution in [2.24, 2.45) is 4.99 Å². The Hall–Kier alpha value is -2.44. The molecule has 7 heteroatoms. The maximum absolute atomic E-state index is 11.7. The highest BCUT2D eigenvalue weighted by atomic mass is 16.5. The number of hydrogen-bond donors (Lipinski definition) is 2. The summed E-state index contributed by atoms with van der Waals surface area (Å²) in [6, 6.07) is 4.57. The minimum atomic E-state index is -0.487. The van der Waals surface area contributed by atoms with E-state index in [-0.39, 0.29) is 11.9 Å². The summed E-state index contributed by atoms with van der Waals surface area (Å²) in [5, 5.41) is 0. The van der Waals surface area contributed by atoms with Crippen molar-refractivity contribution in [2.75, 3.05) is 7.11 Å². The third-order valence-electron chi connectivity index (χ3n) is 2.66. The Balaban J connectivity index is 1.87. The molecule has 0 saturated carbocycles. The molecule has 0 spiro atoms. The second-order valence-corrected chi connectivity index (χ2v) is 3.95. The highest BCUT2D eigenvalue weighted by molar-refractivity contribution is 5.95. The number of hydrogen-bond acceptors (Lipinski definition) is 6. The zero-order valence-corrected chi connectivity index (χ0v) is 10.4. The smallest absolute Gasteiger partial charge is 0.330 e. The number of nitrogens with one attached hydrogen (secondary N) is 2. The molecule has 1 aliphatic heterocycles. The Morgan fingerprint density at radius 2 is 2.26 bits per heavy atom. The van der Waals surface area contributed by atoms with Crippen molar-refractivity contribution in [3.63, 3.8) is 0 Å². The van der Waals surface area contributed by atoms with E-state index in [9.17, 15) is 9.59 Å². The molecule has 1 atom stereocenters. The van der Waals surface area contributed by atoms with E-state index in [4.69, 9.17) is 0 Å². The number of ether oxygens (including phenoxy) is 1. The van der Waals surface area contributed by atoms with Gasteiger partial charge >= 0.3 is 5.97 Å². The van der Waals surface area contributed by atoms with Crippen LogP contribution < -0.4 is 10.9 Å². The first-order valence-corrected chi connectivity index (χ1v) is 5.82. The lowest BCUT2D eigenvalue weighted by Crippen LogP contribution is -2.41. The summed E-state index contributed by atoms with van der Waals surface area (Å²) in [6.45, 7) is 0. The van der Waals surface area contributed by atoms with Crippen LogP contribution in [0.3, 0.4) is 0 Å². The van der Waals surface area contributed by atoms with Crippen LogP contribution in [0.25, 0.3) is 0 Å². The van der Waals surface area contributed by atoms with Gasteiger partial charge in [-0.2, -0.15) is 0 Å². The molecule has 0 bridgehead atoms. The number of rotatable bonds is 2. The number of esters is 1. The van der Waals surface area contributed by atoms with Crippen LogP contribution in [0.15, 0.2) is 29.4 Å². The number of pyridine rings is 1. The Morgan fingerprint density at radius 1 is 1.42 bits per heavy atom. The second-order valence-electron chi connectivity index (χ2n) is 3.95. The van der Waals surface area contributed by atoms with E-state index in [0.717, 1.165) is 0 Å². The van der Waals surface area contributed by atoms with Crippen LogP contribution in [0.4, 0.5) is 0 Å². The highest BCUT2D eigenvalue weighted by Crippen LogP contribution is 2.12. The van der Waals surface area contributed by atoms with Crippen molar-refractivity contribution in [2.45, 2.75) is 18.9 Å². The van der Waals surface area contributed by atoms with Gasteiger partial charge in [-0.25, -0.2) is 4.79 Å². The van der Waals surface area contributed by atoms with Gasteiger partial charge in [-0.15, -0.1) is 0 Å². The number of amidine groups is 1. The largest absolute Gasteiger partial charge is 0.467 e. The Bertz CT molecular complexity index is 501. The minimum Gasteiger partial charge on any atom is -0.467 e. The van der Waals surface area contributed by atoms with E-state index < -0.39 is 6.04 Å². The first-order valence-electron chi connectivity index (χ1n) is 5.82. The minimum absolute atomic E-state index is 0.304. The van der Waals surface area contributed by atoms with E-state index in [1.54, 1.807) is 18.2 Å². The molecule has 1 aromatic rings. The molecule has 19 heavy (non-hydrogen) atoms. The van der Waals surface area contributed by atoms with Crippen molar-refractivity contribution < 1.29 is 14.3 Å². The summed E-state index contributed by atoms with van der Waals surface area (Å²) >= 11 is 0. The van der Waals surface area contributed by atoms with Crippen LogP contribution in [-0.4, -0.2) is 35.8 Å². The molecule has 7 nitrogen and oxygen atoms in total. The summed E-state index contributed by atoms with van der Waals surface area (Å²) in [5.74, 6) is -0.169. The number of nitrogens with zero attached hydrogens (tertiary/aromatic N) is 2. The van der Waals surface area contributed by atoms with Gasteiger partial charge in [-0.1, -0.05) is 6.07 Å². The van der Waals surface area contributed by atoms with E-state index in [2.05, 4.69) is 25.6 Å². The van der Waals surface area contributed by atoms with E-state index in [1.165, 1.54) is 13.3 Å².